The summed E-state index contributed by atoms with van der Waals surface area (Å²) in [4.78, 5) is 18.0. The van der Waals surface area contributed by atoms with Crippen molar-refractivity contribution >= 4 is 7.82 Å². The Labute approximate surface area is 150 Å². The van der Waals surface area contributed by atoms with Crippen LogP contribution in [-0.4, -0.2) is 35.7 Å². The molecule has 0 aliphatic rings. The average Bonchev–Trinajstić information content (AvgIpc) is 2.57. The van der Waals surface area contributed by atoms with Gasteiger partial charge in [0.15, 0.2) is 0 Å². The van der Waals surface area contributed by atoms with E-state index in [0.29, 0.717) is 19.6 Å². The molecule has 0 saturated carbocycles. The lowest BCUT2D eigenvalue weighted by Gasteiger charge is -2.18. The van der Waals surface area contributed by atoms with Crippen molar-refractivity contribution in [3.8, 4) is 5.75 Å². The molecular formula is C18H31O6P. The van der Waals surface area contributed by atoms with Gasteiger partial charge in [0.05, 0.1) is 19.3 Å². The Kier molecular flexibility index (Phi) is 11.8. The number of rotatable bonds is 15. The van der Waals surface area contributed by atoms with E-state index in [-0.39, 0.29) is 6.61 Å². The van der Waals surface area contributed by atoms with Gasteiger partial charge in [-0.2, -0.15) is 0 Å². The molecule has 2 N–H and O–H groups in total. The molecule has 1 unspecified atom stereocenters. The summed E-state index contributed by atoms with van der Waals surface area (Å²) in [5.74, 6) is 0.765. The third-order valence-electron chi connectivity index (χ3n) is 3.71. The van der Waals surface area contributed by atoms with Crippen molar-refractivity contribution < 1.29 is 28.3 Å². The number of benzene rings is 1. The van der Waals surface area contributed by atoms with Crippen LogP contribution >= 0.6 is 7.82 Å². The molecule has 6 nitrogen and oxygen atoms in total. The number of ether oxygens (including phenoxy) is 2. The lowest BCUT2D eigenvalue weighted by atomic mass is 10.1. The third-order valence-corrected chi connectivity index (χ3v) is 4.28. The van der Waals surface area contributed by atoms with Gasteiger partial charge in [-0.1, -0.05) is 63.6 Å². The van der Waals surface area contributed by atoms with E-state index >= 15 is 0 Å². The van der Waals surface area contributed by atoms with Gasteiger partial charge in [0, 0.05) is 0 Å². The lowest BCUT2D eigenvalue weighted by molar-refractivity contribution is 0.0182. The fourth-order valence-electron chi connectivity index (χ4n) is 2.46. The summed E-state index contributed by atoms with van der Waals surface area (Å²) in [6, 6.07) is 9.41. The van der Waals surface area contributed by atoms with Gasteiger partial charge in [0.25, 0.3) is 0 Å². The van der Waals surface area contributed by atoms with Gasteiger partial charge in [-0.05, 0) is 18.6 Å². The molecule has 1 aromatic carbocycles. The van der Waals surface area contributed by atoms with Crippen LogP contribution in [0.1, 0.15) is 51.9 Å². The maximum Gasteiger partial charge on any atom is 0.469 e. The van der Waals surface area contributed by atoms with Gasteiger partial charge >= 0.3 is 7.82 Å². The van der Waals surface area contributed by atoms with Crippen LogP contribution in [0.5, 0.6) is 5.75 Å². The van der Waals surface area contributed by atoms with Gasteiger partial charge in [0.1, 0.15) is 12.4 Å². The third kappa shape index (κ3) is 13.0. The molecule has 144 valence electrons. The number of unbranched alkanes of at least 4 members (excludes halogenated alkanes) is 5. The highest BCUT2D eigenvalue weighted by Crippen LogP contribution is 2.38. The van der Waals surface area contributed by atoms with Crippen LogP contribution in [0.25, 0.3) is 0 Å². The van der Waals surface area contributed by atoms with Crippen LogP contribution in [0.2, 0.25) is 0 Å². The van der Waals surface area contributed by atoms with E-state index in [1.54, 1.807) is 0 Å². The minimum absolute atomic E-state index is 0.151. The minimum atomic E-state index is -4.50. The Balaban J connectivity index is 2.19. The molecule has 1 atom stereocenters. The first kappa shape index (κ1) is 22.1. The lowest BCUT2D eigenvalue weighted by Crippen LogP contribution is -2.21. The molecule has 0 spiro atoms. The summed E-state index contributed by atoms with van der Waals surface area (Å²) >= 11 is 0. The zero-order valence-electron chi connectivity index (χ0n) is 15.0. The van der Waals surface area contributed by atoms with Crippen molar-refractivity contribution in [1.82, 2.24) is 0 Å². The first-order valence-electron chi connectivity index (χ1n) is 9.01. The van der Waals surface area contributed by atoms with E-state index in [1.165, 1.54) is 19.3 Å². The molecule has 1 rings (SSSR count). The molecule has 0 aliphatic heterocycles. The number of hydrogen-bond donors (Lipinski definition) is 2. The SMILES string of the molecule is CCCCCCCCC(COCCOc1ccccc1)OP(=O)(O)O. The van der Waals surface area contributed by atoms with Crippen molar-refractivity contribution in [3.63, 3.8) is 0 Å². The minimum Gasteiger partial charge on any atom is -0.491 e. The largest absolute Gasteiger partial charge is 0.491 e. The zero-order valence-corrected chi connectivity index (χ0v) is 15.9. The van der Waals surface area contributed by atoms with Crippen molar-refractivity contribution in [3.05, 3.63) is 30.3 Å². The summed E-state index contributed by atoms with van der Waals surface area (Å²) in [6.45, 7) is 3.04. The normalized spacial score (nSPS) is 12.9. The molecule has 25 heavy (non-hydrogen) atoms. The van der Waals surface area contributed by atoms with Crippen LogP contribution < -0.4 is 4.74 Å². The fraction of sp³-hybridized carbons (Fsp3) is 0.667. The Morgan fingerprint density at radius 2 is 1.68 bits per heavy atom. The first-order chi connectivity index (χ1) is 12.0. The molecule has 0 saturated heterocycles. The van der Waals surface area contributed by atoms with E-state index in [9.17, 15) is 4.57 Å². The smallest absolute Gasteiger partial charge is 0.469 e. The van der Waals surface area contributed by atoms with E-state index < -0.39 is 13.9 Å². The molecule has 0 aromatic heterocycles. The number of phosphoric acid groups is 1. The Bertz CT molecular complexity index is 476. The van der Waals surface area contributed by atoms with Crippen LogP contribution in [0, 0.1) is 0 Å². The molecular weight excluding hydrogens is 343 g/mol. The fourth-order valence-corrected chi connectivity index (χ4v) is 3.02. The van der Waals surface area contributed by atoms with Crippen LogP contribution in [0.15, 0.2) is 30.3 Å². The van der Waals surface area contributed by atoms with Crippen LogP contribution in [-0.2, 0) is 13.8 Å². The summed E-state index contributed by atoms with van der Waals surface area (Å²) in [6.07, 6.45) is 6.67. The standard InChI is InChI=1S/C18H31O6P/c1-2-3-4-5-6-8-13-18(24-25(19,20)21)16-22-14-15-23-17-11-9-7-10-12-17/h7,9-12,18H,2-6,8,13-16H2,1H3,(H2,19,20,21). The van der Waals surface area contributed by atoms with Crippen molar-refractivity contribution in [1.29, 1.82) is 0 Å². The average molecular weight is 374 g/mol. The number of hydrogen-bond acceptors (Lipinski definition) is 4. The summed E-state index contributed by atoms with van der Waals surface area (Å²) in [5.41, 5.74) is 0. The van der Waals surface area contributed by atoms with Crippen LogP contribution in [0.3, 0.4) is 0 Å². The maximum absolute atomic E-state index is 11.1. The monoisotopic (exact) mass is 374 g/mol. The second-order valence-corrected chi connectivity index (χ2v) is 7.20. The summed E-state index contributed by atoms with van der Waals surface area (Å²) < 4.78 is 26.9. The van der Waals surface area contributed by atoms with E-state index in [2.05, 4.69) is 6.92 Å². The highest BCUT2D eigenvalue weighted by atomic mass is 31.2. The molecule has 0 bridgehead atoms. The van der Waals surface area contributed by atoms with Gasteiger partial charge in [-0.15, -0.1) is 0 Å². The highest BCUT2D eigenvalue weighted by Gasteiger charge is 2.22. The quantitative estimate of drug-likeness (QED) is 0.351. The zero-order chi connectivity index (χ0) is 18.4. The Morgan fingerprint density at radius 1 is 1.00 bits per heavy atom. The van der Waals surface area contributed by atoms with Crippen LogP contribution in [0.4, 0.5) is 0 Å². The van der Waals surface area contributed by atoms with Crippen molar-refractivity contribution in [2.24, 2.45) is 0 Å². The predicted octanol–water partition coefficient (Wildman–Crippen LogP) is 4.31. The van der Waals surface area contributed by atoms with Gasteiger partial charge in [-0.3, -0.25) is 4.52 Å². The second-order valence-electron chi connectivity index (χ2n) is 6.01. The maximum atomic E-state index is 11.1. The van der Waals surface area contributed by atoms with Gasteiger partial charge in [-0.25, -0.2) is 4.57 Å². The molecule has 7 heteroatoms. The van der Waals surface area contributed by atoms with Gasteiger partial charge in [0.2, 0.25) is 0 Å². The topological polar surface area (TPSA) is 85.2 Å². The van der Waals surface area contributed by atoms with Crippen molar-refractivity contribution in [2.75, 3.05) is 19.8 Å². The second kappa shape index (κ2) is 13.3. The molecule has 0 heterocycles. The Morgan fingerprint density at radius 3 is 2.36 bits per heavy atom. The molecule has 0 fully saturated rings. The summed E-state index contributed by atoms with van der Waals surface area (Å²) in [7, 11) is -4.50. The highest BCUT2D eigenvalue weighted by molar-refractivity contribution is 7.46. The van der Waals surface area contributed by atoms with E-state index in [0.717, 1.165) is 25.0 Å². The van der Waals surface area contributed by atoms with Crippen molar-refractivity contribution in [2.45, 2.75) is 58.0 Å². The van der Waals surface area contributed by atoms with E-state index in [1.807, 2.05) is 30.3 Å². The molecule has 0 aliphatic carbocycles. The number of para-hydroxylation sites is 1. The van der Waals surface area contributed by atoms with Gasteiger partial charge < -0.3 is 19.3 Å². The molecule has 1 aromatic rings. The summed E-state index contributed by atoms with van der Waals surface area (Å²) in [5, 5.41) is 0. The predicted molar refractivity (Wildman–Crippen MR) is 97.7 cm³/mol. The first-order valence-corrected chi connectivity index (χ1v) is 10.5. The number of phosphoric ester groups is 1. The Hall–Kier alpha value is -0.910. The van der Waals surface area contributed by atoms with E-state index in [4.69, 9.17) is 23.8 Å². The molecule has 0 radical (unpaired) electrons. The molecule has 0 amide bonds.